The molecule has 0 saturated carbocycles. The summed E-state index contributed by atoms with van der Waals surface area (Å²) in [6.45, 7) is 0.351. The van der Waals surface area contributed by atoms with Crippen molar-refractivity contribution in [1.29, 1.82) is 0 Å². The van der Waals surface area contributed by atoms with Crippen molar-refractivity contribution < 1.29 is 0 Å². The Morgan fingerprint density at radius 1 is 0.958 bits per heavy atom. The van der Waals surface area contributed by atoms with Crippen LogP contribution in [0.4, 0.5) is 0 Å². The van der Waals surface area contributed by atoms with Crippen LogP contribution in [0.5, 0.6) is 0 Å². The van der Waals surface area contributed by atoms with Crippen LogP contribution in [0, 0.1) is 0 Å². The lowest BCUT2D eigenvalue weighted by atomic mass is 10.2. The summed E-state index contributed by atoms with van der Waals surface area (Å²) < 4.78 is 2.52. The number of hydrogen-bond donors (Lipinski definition) is 1. The van der Waals surface area contributed by atoms with Gasteiger partial charge in [-0.2, -0.15) is 0 Å². The Morgan fingerprint density at radius 2 is 1.71 bits per heavy atom. The molecule has 0 radical (unpaired) electrons. The van der Waals surface area contributed by atoms with Gasteiger partial charge in [-0.25, -0.2) is 9.66 Å². The van der Waals surface area contributed by atoms with Gasteiger partial charge in [0.05, 0.1) is 34.0 Å². The predicted molar refractivity (Wildman–Crippen MR) is 91.3 cm³/mol. The molecular formula is C17H13N5O2. The smallest absolute Gasteiger partial charge is 0.278 e. The molecule has 0 aromatic carbocycles. The zero-order chi connectivity index (χ0) is 16.7. The highest BCUT2D eigenvalue weighted by molar-refractivity contribution is 5.91. The van der Waals surface area contributed by atoms with E-state index in [0.29, 0.717) is 28.4 Å². The summed E-state index contributed by atoms with van der Waals surface area (Å²) in [7, 11) is 0. The van der Waals surface area contributed by atoms with Crippen LogP contribution >= 0.6 is 0 Å². The number of pyridine rings is 4. The molecule has 0 bridgehead atoms. The lowest BCUT2D eigenvalue weighted by Gasteiger charge is -2.08. The Balaban J connectivity index is 1.95. The van der Waals surface area contributed by atoms with E-state index >= 15 is 0 Å². The molecule has 4 aromatic rings. The van der Waals surface area contributed by atoms with Gasteiger partial charge in [0, 0.05) is 18.6 Å². The van der Waals surface area contributed by atoms with Gasteiger partial charge in [0.2, 0.25) is 0 Å². The van der Waals surface area contributed by atoms with Crippen molar-refractivity contribution in [2.24, 2.45) is 0 Å². The van der Waals surface area contributed by atoms with E-state index in [1.807, 2.05) is 18.2 Å². The predicted octanol–water partition coefficient (Wildman–Crippen LogP) is 0.869. The van der Waals surface area contributed by atoms with Crippen LogP contribution in [0.3, 0.4) is 0 Å². The molecule has 7 nitrogen and oxygen atoms in total. The van der Waals surface area contributed by atoms with E-state index < -0.39 is 0 Å². The lowest BCUT2D eigenvalue weighted by Crippen LogP contribution is -2.27. The highest BCUT2D eigenvalue weighted by Gasteiger charge is 2.09. The fourth-order valence-electron chi connectivity index (χ4n) is 2.67. The molecule has 0 saturated heterocycles. The molecule has 24 heavy (non-hydrogen) atoms. The average molecular weight is 319 g/mol. The lowest BCUT2D eigenvalue weighted by molar-refractivity contribution is 0.746. The van der Waals surface area contributed by atoms with Crippen molar-refractivity contribution in [3.63, 3.8) is 0 Å². The van der Waals surface area contributed by atoms with Gasteiger partial charge >= 0.3 is 0 Å². The zero-order valence-electron chi connectivity index (χ0n) is 12.6. The summed E-state index contributed by atoms with van der Waals surface area (Å²) in [4.78, 5) is 33.5. The molecule has 0 amide bonds. The van der Waals surface area contributed by atoms with Gasteiger partial charge in [0.1, 0.15) is 0 Å². The van der Waals surface area contributed by atoms with Gasteiger partial charge in [-0.3, -0.25) is 14.6 Å². The zero-order valence-corrected chi connectivity index (χ0v) is 12.6. The van der Waals surface area contributed by atoms with Crippen molar-refractivity contribution in [3.8, 4) is 0 Å². The van der Waals surface area contributed by atoms with Crippen molar-refractivity contribution >= 4 is 21.8 Å². The van der Waals surface area contributed by atoms with E-state index in [9.17, 15) is 9.59 Å². The Labute approximate surface area is 135 Å². The molecule has 0 aliphatic heterocycles. The summed E-state index contributed by atoms with van der Waals surface area (Å²) >= 11 is 0. The minimum Gasteiger partial charge on any atom is -0.336 e. The van der Waals surface area contributed by atoms with Crippen molar-refractivity contribution in [2.45, 2.75) is 6.54 Å². The molecule has 4 aromatic heterocycles. The average Bonchev–Trinajstić information content (AvgIpc) is 2.61. The second-order valence-corrected chi connectivity index (χ2v) is 5.45. The first-order valence-electron chi connectivity index (χ1n) is 7.34. The molecule has 4 heterocycles. The van der Waals surface area contributed by atoms with Crippen LogP contribution in [0.2, 0.25) is 0 Å². The van der Waals surface area contributed by atoms with Crippen LogP contribution in [0.1, 0.15) is 5.69 Å². The fraction of sp³-hybridized carbons (Fsp3) is 0.0588. The first-order chi connectivity index (χ1) is 11.6. The van der Waals surface area contributed by atoms with Crippen molar-refractivity contribution in [1.82, 2.24) is 19.2 Å². The number of nitrogens with two attached hydrogens (primary N) is 1. The number of rotatable bonds is 2. The number of fused-ring (bicyclic) bond motifs is 2. The summed E-state index contributed by atoms with van der Waals surface area (Å²) in [5.74, 6) is 5.58. The van der Waals surface area contributed by atoms with Crippen LogP contribution < -0.4 is 17.0 Å². The molecule has 0 atom stereocenters. The normalized spacial score (nSPS) is 11.2. The second-order valence-electron chi connectivity index (χ2n) is 5.45. The van der Waals surface area contributed by atoms with Crippen molar-refractivity contribution in [3.05, 3.63) is 81.4 Å². The molecule has 0 fully saturated rings. The third kappa shape index (κ3) is 2.23. The van der Waals surface area contributed by atoms with Crippen LogP contribution in [0.25, 0.3) is 21.8 Å². The summed E-state index contributed by atoms with van der Waals surface area (Å²) in [6, 6.07) is 10.5. The van der Waals surface area contributed by atoms with Crippen LogP contribution in [-0.4, -0.2) is 19.2 Å². The highest BCUT2D eigenvalue weighted by Crippen LogP contribution is 2.14. The minimum absolute atomic E-state index is 0.223. The van der Waals surface area contributed by atoms with E-state index in [4.69, 9.17) is 5.84 Å². The monoisotopic (exact) mass is 319 g/mol. The number of nitrogens with zero attached hydrogens (tertiary/aromatic N) is 4. The maximum absolute atomic E-state index is 12.7. The fourth-order valence-corrected chi connectivity index (χ4v) is 2.67. The molecule has 7 heteroatoms. The summed E-state index contributed by atoms with van der Waals surface area (Å²) in [5.41, 5.74) is 1.22. The Bertz CT molecular complexity index is 1180. The van der Waals surface area contributed by atoms with Crippen LogP contribution in [0.15, 0.2) is 64.6 Å². The molecular weight excluding hydrogens is 306 g/mol. The van der Waals surface area contributed by atoms with Gasteiger partial charge in [-0.1, -0.05) is 6.07 Å². The van der Waals surface area contributed by atoms with Gasteiger partial charge in [-0.15, -0.1) is 0 Å². The molecule has 4 rings (SSSR count). The Morgan fingerprint density at radius 3 is 2.46 bits per heavy atom. The molecule has 0 aliphatic rings. The topological polar surface area (TPSA) is 95.8 Å². The third-order valence-corrected chi connectivity index (χ3v) is 3.90. The first kappa shape index (κ1) is 14.1. The van der Waals surface area contributed by atoms with Crippen molar-refractivity contribution in [2.75, 3.05) is 5.84 Å². The quantitative estimate of drug-likeness (QED) is 0.437. The van der Waals surface area contributed by atoms with Crippen LogP contribution in [-0.2, 0) is 6.54 Å². The third-order valence-electron chi connectivity index (χ3n) is 3.90. The molecule has 0 aliphatic carbocycles. The molecule has 2 N–H and O–H groups in total. The maximum Gasteiger partial charge on any atom is 0.278 e. The summed E-state index contributed by atoms with van der Waals surface area (Å²) in [6.07, 6.45) is 4.81. The molecule has 0 unspecified atom stereocenters. The maximum atomic E-state index is 12.7. The first-order valence-corrected chi connectivity index (χ1v) is 7.34. The van der Waals surface area contributed by atoms with E-state index in [1.54, 1.807) is 35.2 Å². The second kappa shape index (κ2) is 5.31. The standard InChI is InChI=1S/C17H13N5O2/c18-22-8-5-15-13(17(22)24)9-12-14(20-15)4-7-21(16(12)23)10-11-3-1-2-6-19-11/h1-9H,10,18H2. The minimum atomic E-state index is -0.388. The SMILES string of the molecule is Nn1ccc2nc3ccn(Cc4ccccn4)c(=O)c3cc2c1=O. The van der Waals surface area contributed by atoms with Gasteiger partial charge in [0.25, 0.3) is 11.1 Å². The number of hydrogen-bond acceptors (Lipinski definition) is 5. The largest absolute Gasteiger partial charge is 0.336 e. The summed E-state index contributed by atoms with van der Waals surface area (Å²) in [5, 5.41) is 0.699. The number of aromatic nitrogens is 4. The Hall–Kier alpha value is -3.48. The molecule has 118 valence electrons. The van der Waals surface area contributed by atoms with E-state index in [1.165, 1.54) is 6.20 Å². The Kier molecular flexibility index (Phi) is 3.13. The van der Waals surface area contributed by atoms with Gasteiger partial charge in [-0.05, 0) is 30.3 Å². The van der Waals surface area contributed by atoms with E-state index in [2.05, 4.69) is 9.97 Å². The van der Waals surface area contributed by atoms with E-state index in [0.717, 1.165) is 10.4 Å². The van der Waals surface area contributed by atoms with Gasteiger partial charge in [0.15, 0.2) is 0 Å². The van der Waals surface area contributed by atoms with E-state index in [-0.39, 0.29) is 11.1 Å². The van der Waals surface area contributed by atoms with Gasteiger partial charge < -0.3 is 10.4 Å². The number of nitrogen functional groups attached to an aromatic ring is 1. The molecule has 0 spiro atoms. The highest BCUT2D eigenvalue weighted by atomic mass is 16.1.